The highest BCUT2D eigenvalue weighted by Crippen LogP contribution is 2.38. The first-order valence-electron chi connectivity index (χ1n) is 9.44. The van der Waals surface area contributed by atoms with Crippen LogP contribution in [0.1, 0.15) is 56.1 Å². The summed E-state index contributed by atoms with van der Waals surface area (Å²) in [5.41, 5.74) is 2.21. The summed E-state index contributed by atoms with van der Waals surface area (Å²) < 4.78 is 24.6. The molecule has 0 bridgehead atoms. The van der Waals surface area contributed by atoms with Crippen molar-refractivity contribution < 1.29 is 4.11 Å². The third-order valence-electron chi connectivity index (χ3n) is 5.29. The van der Waals surface area contributed by atoms with Crippen LogP contribution in [-0.2, 0) is 0 Å². The van der Waals surface area contributed by atoms with E-state index in [9.17, 15) is 0 Å². The number of rotatable bonds is 2. The predicted molar refractivity (Wildman–Crippen MR) is 86.1 cm³/mol. The third kappa shape index (κ3) is 2.14. The Kier molecular flexibility index (Phi) is 2.88. The minimum Gasteiger partial charge on any atom is -0.352 e. The second-order valence-electron chi connectivity index (χ2n) is 6.43. The van der Waals surface area contributed by atoms with Gasteiger partial charge in [0.1, 0.15) is 0 Å². The molecule has 2 heteroatoms. The maximum absolute atomic E-state index is 8.20. The van der Waals surface area contributed by atoms with Crippen molar-refractivity contribution in [1.82, 2.24) is 4.90 Å². The lowest BCUT2D eigenvalue weighted by Crippen LogP contribution is -2.43. The molecule has 0 N–H and O–H groups in total. The van der Waals surface area contributed by atoms with Crippen LogP contribution in [0.4, 0.5) is 5.69 Å². The van der Waals surface area contributed by atoms with E-state index in [1.54, 1.807) is 0 Å². The lowest BCUT2D eigenvalue weighted by molar-refractivity contribution is 0.145. The molecule has 2 fully saturated rings. The summed E-state index contributed by atoms with van der Waals surface area (Å²) in [7, 11) is 0. The Bertz CT molecular complexity index is 551. The van der Waals surface area contributed by atoms with E-state index < -0.39 is 13.0 Å². The number of aryl methyl sites for hydroxylation is 1. The quantitative estimate of drug-likeness (QED) is 0.799. The van der Waals surface area contributed by atoms with E-state index in [1.807, 2.05) is 12.1 Å². The molecule has 2 unspecified atom stereocenters. The molecule has 1 aliphatic carbocycles. The number of hydrogen-bond acceptors (Lipinski definition) is 2. The van der Waals surface area contributed by atoms with E-state index in [1.165, 1.54) is 12.8 Å². The van der Waals surface area contributed by atoms with Gasteiger partial charge in [0.05, 0.1) is 6.17 Å². The van der Waals surface area contributed by atoms with Gasteiger partial charge in [-0.1, -0.05) is 31.0 Å². The van der Waals surface area contributed by atoms with Crippen molar-refractivity contribution >= 4 is 5.69 Å². The van der Waals surface area contributed by atoms with Gasteiger partial charge < -0.3 is 4.90 Å². The van der Waals surface area contributed by atoms with Gasteiger partial charge in [-0.05, 0) is 52.1 Å². The lowest BCUT2D eigenvalue weighted by Gasteiger charge is -2.34. The molecule has 1 aliphatic heterocycles. The average molecular weight is 275 g/mol. The van der Waals surface area contributed by atoms with Gasteiger partial charge in [-0.15, -0.1) is 0 Å². The standard InChI is InChI=1S/C18H28N2/c1-13-9-5-8-12-18(13)20-15(3)14(2)19(16(20)4)17-10-6-7-11-17/h5,8-9,12,14-17H,6-7,10-11H2,1-4H3/t14?,15-,16?/m0/s1/i4D3. The maximum Gasteiger partial charge on any atom is 0.0801 e. The number of nitrogens with zero attached hydrogens (tertiary/aromatic N) is 2. The van der Waals surface area contributed by atoms with Crippen LogP contribution in [0.3, 0.4) is 0 Å². The fraction of sp³-hybridized carbons (Fsp3) is 0.667. The normalized spacial score (nSPS) is 35.0. The van der Waals surface area contributed by atoms with Gasteiger partial charge in [-0.2, -0.15) is 0 Å². The fourth-order valence-electron chi connectivity index (χ4n) is 4.01. The molecule has 1 saturated carbocycles. The summed E-state index contributed by atoms with van der Waals surface area (Å²) in [6.07, 6.45) is 4.19. The third-order valence-corrected chi connectivity index (χ3v) is 5.29. The van der Waals surface area contributed by atoms with Gasteiger partial charge in [-0.3, -0.25) is 4.90 Å². The van der Waals surface area contributed by atoms with Crippen molar-refractivity contribution in [2.75, 3.05) is 4.90 Å². The molecule has 2 aliphatic rings. The Hall–Kier alpha value is -1.02. The summed E-state index contributed by atoms with van der Waals surface area (Å²) in [6, 6.07) is 9.02. The Labute approximate surface area is 128 Å². The van der Waals surface area contributed by atoms with Gasteiger partial charge in [-0.25, -0.2) is 0 Å². The molecule has 110 valence electrons. The second kappa shape index (κ2) is 5.40. The number of anilines is 1. The van der Waals surface area contributed by atoms with Crippen LogP contribution >= 0.6 is 0 Å². The van der Waals surface area contributed by atoms with Gasteiger partial charge in [0.25, 0.3) is 0 Å². The fourth-order valence-corrected chi connectivity index (χ4v) is 4.01. The molecule has 2 nitrogen and oxygen atoms in total. The van der Waals surface area contributed by atoms with Gasteiger partial charge in [0, 0.05) is 27.9 Å². The largest absolute Gasteiger partial charge is 0.352 e. The number of benzene rings is 1. The molecule has 0 radical (unpaired) electrons. The monoisotopic (exact) mass is 275 g/mol. The SMILES string of the molecule is [2H]C([2H])([2H])C1N(C2CCCC2)C(C)[C@H](C)N1c1ccccc1C. The highest BCUT2D eigenvalue weighted by molar-refractivity contribution is 5.55. The molecule has 1 heterocycles. The van der Waals surface area contributed by atoms with Crippen LogP contribution in [0.5, 0.6) is 0 Å². The average Bonchev–Trinajstić information content (AvgIpc) is 3.07. The molecule has 0 aromatic heterocycles. The molecule has 0 amide bonds. The van der Waals surface area contributed by atoms with E-state index in [0.717, 1.165) is 24.1 Å². The minimum absolute atomic E-state index is 0.196. The van der Waals surface area contributed by atoms with Gasteiger partial charge in [0.2, 0.25) is 0 Å². The van der Waals surface area contributed by atoms with Crippen LogP contribution in [0, 0.1) is 6.92 Å². The molecular formula is C18H28N2. The van der Waals surface area contributed by atoms with Crippen LogP contribution in [0.2, 0.25) is 0 Å². The van der Waals surface area contributed by atoms with Crippen molar-refractivity contribution in [3.8, 4) is 0 Å². The first kappa shape index (κ1) is 10.7. The maximum atomic E-state index is 8.20. The molecule has 1 saturated heterocycles. The minimum atomic E-state index is -2.01. The first-order chi connectivity index (χ1) is 10.8. The first-order valence-corrected chi connectivity index (χ1v) is 7.94. The van der Waals surface area contributed by atoms with Crippen molar-refractivity contribution in [2.24, 2.45) is 0 Å². The van der Waals surface area contributed by atoms with E-state index in [-0.39, 0.29) is 12.1 Å². The molecule has 20 heavy (non-hydrogen) atoms. The summed E-state index contributed by atoms with van der Waals surface area (Å²) in [6.45, 7) is 4.43. The Morgan fingerprint density at radius 2 is 1.80 bits per heavy atom. The second-order valence-corrected chi connectivity index (χ2v) is 6.43. The van der Waals surface area contributed by atoms with Crippen molar-refractivity contribution in [1.29, 1.82) is 0 Å². The molecule has 1 aromatic rings. The van der Waals surface area contributed by atoms with E-state index in [4.69, 9.17) is 4.11 Å². The topological polar surface area (TPSA) is 6.48 Å². The van der Waals surface area contributed by atoms with Crippen LogP contribution in [0.15, 0.2) is 24.3 Å². The lowest BCUT2D eigenvalue weighted by atomic mass is 10.1. The summed E-state index contributed by atoms with van der Waals surface area (Å²) in [4.78, 5) is 4.46. The molecule has 3 atom stereocenters. The zero-order valence-electron chi connectivity index (χ0n) is 15.8. The van der Waals surface area contributed by atoms with Crippen LogP contribution < -0.4 is 4.90 Å². The molecule has 3 rings (SSSR count). The van der Waals surface area contributed by atoms with Gasteiger partial charge in [0.15, 0.2) is 0 Å². The van der Waals surface area contributed by atoms with Crippen LogP contribution in [0.25, 0.3) is 0 Å². The number of hydrogen-bond donors (Lipinski definition) is 0. The summed E-state index contributed by atoms with van der Waals surface area (Å²) in [5.74, 6) is 0. The molecular weight excluding hydrogens is 244 g/mol. The van der Waals surface area contributed by atoms with E-state index in [2.05, 4.69) is 42.7 Å². The smallest absolute Gasteiger partial charge is 0.0801 e. The Morgan fingerprint density at radius 1 is 1.10 bits per heavy atom. The summed E-state index contributed by atoms with van der Waals surface area (Å²) in [5, 5.41) is 0. The van der Waals surface area contributed by atoms with E-state index in [0.29, 0.717) is 6.04 Å². The highest BCUT2D eigenvalue weighted by Gasteiger charge is 2.44. The Balaban J connectivity index is 2.05. The van der Waals surface area contributed by atoms with E-state index >= 15 is 0 Å². The Morgan fingerprint density at radius 3 is 2.45 bits per heavy atom. The predicted octanol–water partition coefficient (Wildman–Crippen LogP) is 4.18. The molecule has 1 aromatic carbocycles. The zero-order chi connectivity index (χ0) is 16.8. The van der Waals surface area contributed by atoms with Gasteiger partial charge >= 0.3 is 0 Å². The highest BCUT2D eigenvalue weighted by atomic mass is 15.5. The van der Waals surface area contributed by atoms with Crippen molar-refractivity contribution in [3.05, 3.63) is 29.8 Å². The van der Waals surface area contributed by atoms with Crippen molar-refractivity contribution in [3.63, 3.8) is 0 Å². The van der Waals surface area contributed by atoms with Crippen LogP contribution in [-0.4, -0.2) is 29.2 Å². The van der Waals surface area contributed by atoms with Crippen molar-refractivity contribution in [2.45, 2.75) is 77.6 Å². The molecule has 0 spiro atoms. The number of para-hydroxylation sites is 1. The zero-order valence-corrected chi connectivity index (χ0v) is 12.8. The summed E-state index contributed by atoms with van der Waals surface area (Å²) >= 11 is 0.